The van der Waals surface area contributed by atoms with Crippen LogP contribution < -0.4 is 5.32 Å². The Balaban J connectivity index is 1.76. The van der Waals surface area contributed by atoms with E-state index in [1.54, 1.807) is 17.0 Å². The molecule has 1 saturated carbocycles. The van der Waals surface area contributed by atoms with Gasteiger partial charge in [-0.05, 0) is 49.9 Å². The van der Waals surface area contributed by atoms with Gasteiger partial charge in [0.25, 0.3) is 0 Å². The van der Waals surface area contributed by atoms with Gasteiger partial charge in [0.15, 0.2) is 0 Å². The quantitative estimate of drug-likeness (QED) is 0.718. The van der Waals surface area contributed by atoms with Crippen LogP contribution in [0.2, 0.25) is 5.02 Å². The van der Waals surface area contributed by atoms with Crippen LogP contribution in [0.25, 0.3) is 0 Å². The lowest BCUT2D eigenvalue weighted by atomic mass is 10.1. The van der Waals surface area contributed by atoms with Crippen LogP contribution in [0.15, 0.2) is 48.5 Å². The zero-order valence-electron chi connectivity index (χ0n) is 17.2. The fraction of sp³-hybridized carbons (Fsp3) is 0.417. The van der Waals surface area contributed by atoms with Crippen molar-refractivity contribution in [3.8, 4) is 0 Å². The van der Waals surface area contributed by atoms with Gasteiger partial charge in [0, 0.05) is 17.6 Å². The van der Waals surface area contributed by atoms with E-state index in [0.29, 0.717) is 11.6 Å². The van der Waals surface area contributed by atoms with Gasteiger partial charge in [-0.25, -0.2) is 0 Å². The van der Waals surface area contributed by atoms with Gasteiger partial charge < -0.3 is 10.2 Å². The smallest absolute Gasteiger partial charge is 0.242 e. The van der Waals surface area contributed by atoms with E-state index < -0.39 is 6.04 Å². The van der Waals surface area contributed by atoms with E-state index in [2.05, 4.69) is 5.32 Å². The minimum absolute atomic E-state index is 0.0801. The SMILES string of the molecule is Cc1ccc(CN(C(=O)Cc2cccc(Cl)c2)C(C)C(=O)NC2CCCC2)cc1. The first kappa shape index (κ1) is 21.4. The van der Waals surface area contributed by atoms with Crippen molar-refractivity contribution in [2.24, 2.45) is 0 Å². The van der Waals surface area contributed by atoms with Crippen molar-refractivity contribution in [1.29, 1.82) is 0 Å². The van der Waals surface area contributed by atoms with Gasteiger partial charge in [-0.2, -0.15) is 0 Å². The average molecular weight is 413 g/mol. The third-order valence-corrected chi connectivity index (χ3v) is 5.82. The number of carbonyl (C=O) groups excluding carboxylic acids is 2. The zero-order valence-corrected chi connectivity index (χ0v) is 17.9. The predicted octanol–water partition coefficient (Wildman–Crippen LogP) is 4.67. The van der Waals surface area contributed by atoms with Gasteiger partial charge in [0.1, 0.15) is 6.04 Å². The van der Waals surface area contributed by atoms with Crippen molar-refractivity contribution < 1.29 is 9.59 Å². The normalized spacial score (nSPS) is 15.1. The monoisotopic (exact) mass is 412 g/mol. The van der Waals surface area contributed by atoms with Gasteiger partial charge in [-0.3, -0.25) is 9.59 Å². The highest BCUT2D eigenvalue weighted by atomic mass is 35.5. The third-order valence-electron chi connectivity index (χ3n) is 5.59. The summed E-state index contributed by atoms with van der Waals surface area (Å²) in [5.74, 6) is -0.162. The Kier molecular flexibility index (Phi) is 7.32. The van der Waals surface area contributed by atoms with Crippen molar-refractivity contribution in [3.05, 3.63) is 70.2 Å². The summed E-state index contributed by atoms with van der Waals surface area (Å²) in [4.78, 5) is 27.7. The summed E-state index contributed by atoms with van der Waals surface area (Å²) < 4.78 is 0. The molecule has 1 unspecified atom stereocenters. The molecule has 5 heteroatoms. The standard InChI is InChI=1S/C24H29ClN2O2/c1-17-10-12-19(13-11-17)16-27(18(2)24(29)26-22-8-3-4-9-22)23(28)15-20-6-5-7-21(25)14-20/h5-7,10-14,18,22H,3-4,8-9,15-16H2,1-2H3,(H,26,29). The number of hydrogen-bond acceptors (Lipinski definition) is 2. The molecule has 1 atom stereocenters. The number of aryl methyl sites for hydroxylation is 1. The number of nitrogens with zero attached hydrogens (tertiary/aromatic N) is 1. The summed E-state index contributed by atoms with van der Waals surface area (Å²) in [5.41, 5.74) is 3.02. The van der Waals surface area contributed by atoms with Crippen LogP contribution in [0.1, 0.15) is 49.3 Å². The van der Waals surface area contributed by atoms with E-state index in [9.17, 15) is 9.59 Å². The molecule has 0 saturated heterocycles. The Morgan fingerprint density at radius 2 is 1.79 bits per heavy atom. The molecule has 0 radical (unpaired) electrons. The van der Waals surface area contributed by atoms with Crippen LogP contribution in [-0.4, -0.2) is 28.8 Å². The molecule has 0 heterocycles. The second kappa shape index (κ2) is 9.93. The number of benzene rings is 2. The lowest BCUT2D eigenvalue weighted by molar-refractivity contribution is -0.140. The number of carbonyl (C=O) groups is 2. The van der Waals surface area contributed by atoms with E-state index in [1.165, 1.54) is 0 Å². The number of rotatable bonds is 7. The van der Waals surface area contributed by atoms with Gasteiger partial charge in [-0.1, -0.05) is 66.4 Å². The third kappa shape index (κ3) is 6.07. The minimum atomic E-state index is -0.538. The zero-order chi connectivity index (χ0) is 20.8. The molecule has 0 bridgehead atoms. The summed E-state index contributed by atoms with van der Waals surface area (Å²) in [6, 6.07) is 15.1. The predicted molar refractivity (Wildman–Crippen MR) is 117 cm³/mol. The molecule has 2 aromatic carbocycles. The molecule has 0 spiro atoms. The fourth-order valence-electron chi connectivity index (χ4n) is 3.79. The van der Waals surface area contributed by atoms with E-state index in [-0.39, 0.29) is 24.3 Å². The highest BCUT2D eigenvalue weighted by Crippen LogP contribution is 2.19. The topological polar surface area (TPSA) is 49.4 Å². The van der Waals surface area contributed by atoms with E-state index in [1.807, 2.05) is 50.2 Å². The van der Waals surface area contributed by atoms with Crippen molar-refractivity contribution in [3.63, 3.8) is 0 Å². The maximum absolute atomic E-state index is 13.2. The number of hydrogen-bond donors (Lipinski definition) is 1. The van der Waals surface area contributed by atoms with Crippen LogP contribution in [0.3, 0.4) is 0 Å². The summed E-state index contributed by atoms with van der Waals surface area (Å²) in [6.07, 6.45) is 4.56. The molecule has 154 valence electrons. The Labute approximate surface area is 178 Å². The number of halogens is 1. The van der Waals surface area contributed by atoms with Crippen LogP contribution in [0, 0.1) is 6.92 Å². The van der Waals surface area contributed by atoms with Gasteiger partial charge in [-0.15, -0.1) is 0 Å². The number of amides is 2. The van der Waals surface area contributed by atoms with Crippen molar-refractivity contribution in [2.45, 2.75) is 64.6 Å². The molecular formula is C24H29ClN2O2. The maximum Gasteiger partial charge on any atom is 0.242 e. The van der Waals surface area contributed by atoms with Crippen LogP contribution in [0.5, 0.6) is 0 Å². The molecule has 4 nitrogen and oxygen atoms in total. The van der Waals surface area contributed by atoms with Gasteiger partial charge in [0.05, 0.1) is 6.42 Å². The Bertz CT molecular complexity index is 844. The van der Waals surface area contributed by atoms with Crippen molar-refractivity contribution in [2.75, 3.05) is 0 Å². The number of nitrogens with one attached hydrogen (secondary N) is 1. The first-order valence-corrected chi connectivity index (χ1v) is 10.7. The molecule has 29 heavy (non-hydrogen) atoms. The first-order valence-electron chi connectivity index (χ1n) is 10.3. The molecule has 1 aliphatic rings. The van der Waals surface area contributed by atoms with E-state index in [0.717, 1.165) is 42.4 Å². The summed E-state index contributed by atoms with van der Waals surface area (Å²) >= 11 is 6.07. The summed E-state index contributed by atoms with van der Waals surface area (Å²) in [6.45, 7) is 4.25. The molecule has 3 rings (SSSR count). The first-order chi connectivity index (χ1) is 13.9. The summed E-state index contributed by atoms with van der Waals surface area (Å²) in [7, 11) is 0. The molecule has 0 aromatic heterocycles. The van der Waals surface area contributed by atoms with E-state index >= 15 is 0 Å². The van der Waals surface area contributed by atoms with E-state index in [4.69, 9.17) is 11.6 Å². The second-order valence-corrected chi connectivity index (χ2v) is 8.42. The largest absolute Gasteiger partial charge is 0.352 e. The van der Waals surface area contributed by atoms with Gasteiger partial charge in [0.2, 0.25) is 11.8 Å². The molecule has 1 aliphatic carbocycles. The molecule has 0 aliphatic heterocycles. The Hall–Kier alpha value is -2.33. The lowest BCUT2D eigenvalue weighted by Gasteiger charge is -2.30. The molecule has 1 fully saturated rings. The molecular weight excluding hydrogens is 384 g/mol. The Morgan fingerprint density at radius 3 is 2.45 bits per heavy atom. The van der Waals surface area contributed by atoms with Crippen molar-refractivity contribution >= 4 is 23.4 Å². The highest BCUT2D eigenvalue weighted by Gasteiger charge is 2.28. The molecule has 1 N–H and O–H groups in total. The summed E-state index contributed by atoms with van der Waals surface area (Å²) in [5, 5.41) is 3.73. The highest BCUT2D eigenvalue weighted by molar-refractivity contribution is 6.30. The van der Waals surface area contributed by atoms with Crippen molar-refractivity contribution in [1.82, 2.24) is 10.2 Å². The average Bonchev–Trinajstić information content (AvgIpc) is 3.20. The maximum atomic E-state index is 13.2. The van der Waals surface area contributed by atoms with Crippen LogP contribution in [-0.2, 0) is 22.6 Å². The minimum Gasteiger partial charge on any atom is -0.352 e. The van der Waals surface area contributed by atoms with Crippen LogP contribution >= 0.6 is 11.6 Å². The molecule has 2 amide bonds. The second-order valence-electron chi connectivity index (χ2n) is 7.98. The fourth-order valence-corrected chi connectivity index (χ4v) is 4.00. The molecule has 2 aromatic rings. The van der Waals surface area contributed by atoms with Gasteiger partial charge >= 0.3 is 0 Å². The Morgan fingerprint density at radius 1 is 1.10 bits per heavy atom. The lowest BCUT2D eigenvalue weighted by Crippen LogP contribution is -2.50. The van der Waals surface area contributed by atoms with Crippen LogP contribution in [0.4, 0.5) is 0 Å².